The molecule has 6 heteroatoms. The quantitative estimate of drug-likeness (QED) is 0.661. The smallest absolute Gasteiger partial charge is 0.167 e. The van der Waals surface area contributed by atoms with Gasteiger partial charge in [0.25, 0.3) is 0 Å². The number of alkyl halides is 1. The Morgan fingerprint density at radius 1 is 1.43 bits per heavy atom. The number of nitrogens with zero attached hydrogens (tertiary/aromatic N) is 2. The summed E-state index contributed by atoms with van der Waals surface area (Å²) in [6.07, 6.45) is 0.643. The molecule has 3 nitrogen and oxygen atoms in total. The Kier molecular flexibility index (Phi) is 4.12. The fourth-order valence-corrected chi connectivity index (χ4v) is 3.18. The van der Waals surface area contributed by atoms with E-state index in [4.69, 9.17) is 16.3 Å². The number of thiophene rings is 1. The van der Waals surface area contributed by atoms with Crippen molar-refractivity contribution < 1.29 is 9.13 Å². The van der Waals surface area contributed by atoms with Crippen molar-refractivity contribution in [3.8, 4) is 5.75 Å². The van der Waals surface area contributed by atoms with E-state index in [2.05, 4.69) is 21.0 Å². The van der Waals surface area contributed by atoms with Crippen LogP contribution in [0, 0.1) is 5.82 Å². The fraction of sp³-hybridized carbons (Fsp3) is 0.267. The number of aryl methyl sites for hydroxylation is 1. The molecule has 0 spiro atoms. The first-order valence-corrected chi connectivity index (χ1v) is 8.00. The Bertz CT molecular complexity index is 755. The molecule has 2 heterocycles. The van der Waals surface area contributed by atoms with Crippen LogP contribution in [-0.4, -0.2) is 22.5 Å². The molecule has 0 saturated heterocycles. The summed E-state index contributed by atoms with van der Waals surface area (Å²) >= 11 is 7.51. The van der Waals surface area contributed by atoms with E-state index in [-0.39, 0.29) is 5.75 Å². The molecule has 0 aliphatic rings. The Morgan fingerprint density at radius 3 is 2.95 bits per heavy atom. The van der Waals surface area contributed by atoms with Crippen LogP contribution in [0.15, 0.2) is 29.0 Å². The number of methoxy groups -OCH3 is 1. The number of hydrogen-bond acceptors (Lipinski definition) is 3. The minimum absolute atomic E-state index is 0.228. The minimum Gasteiger partial charge on any atom is -0.494 e. The summed E-state index contributed by atoms with van der Waals surface area (Å²) in [5.41, 5.74) is 2.68. The van der Waals surface area contributed by atoms with Gasteiger partial charge >= 0.3 is 0 Å². The third-order valence-corrected chi connectivity index (χ3v) is 4.26. The number of hydrogen-bond donors (Lipinski definition) is 0. The Morgan fingerprint density at radius 2 is 2.29 bits per heavy atom. The van der Waals surface area contributed by atoms with Crippen molar-refractivity contribution in [3.05, 3.63) is 46.2 Å². The fourth-order valence-electron chi connectivity index (χ4n) is 2.35. The standard InChI is InChI=1S/C15H14ClFN2OS/c1-20-14-7-13-12(6-11(14)17)18-15(2-4-16)19(13)8-10-3-5-21-9-10/h3,5-7,9H,2,4,8H2,1H3. The zero-order valence-electron chi connectivity index (χ0n) is 11.5. The molecule has 0 amide bonds. The van der Waals surface area contributed by atoms with E-state index in [1.54, 1.807) is 17.4 Å². The van der Waals surface area contributed by atoms with E-state index < -0.39 is 5.82 Å². The van der Waals surface area contributed by atoms with Gasteiger partial charge in [0.2, 0.25) is 0 Å². The SMILES string of the molecule is COc1cc2c(cc1F)nc(CCCl)n2Cc1ccsc1. The van der Waals surface area contributed by atoms with E-state index in [9.17, 15) is 4.39 Å². The molecule has 0 N–H and O–H groups in total. The van der Waals surface area contributed by atoms with Crippen LogP contribution >= 0.6 is 22.9 Å². The average Bonchev–Trinajstić information content (AvgIpc) is 3.08. The molecule has 1 aromatic carbocycles. The molecule has 2 aromatic heterocycles. The van der Waals surface area contributed by atoms with E-state index >= 15 is 0 Å². The summed E-state index contributed by atoms with van der Waals surface area (Å²) in [4.78, 5) is 4.51. The highest BCUT2D eigenvalue weighted by atomic mass is 35.5. The van der Waals surface area contributed by atoms with Crippen molar-refractivity contribution >= 4 is 34.0 Å². The Labute approximate surface area is 130 Å². The molecule has 110 valence electrons. The molecule has 0 fully saturated rings. The number of rotatable bonds is 5. The van der Waals surface area contributed by atoms with Crippen molar-refractivity contribution in [2.75, 3.05) is 13.0 Å². The van der Waals surface area contributed by atoms with Crippen LogP contribution in [0.3, 0.4) is 0 Å². The van der Waals surface area contributed by atoms with Gasteiger partial charge < -0.3 is 9.30 Å². The van der Waals surface area contributed by atoms with Crippen molar-refractivity contribution in [3.63, 3.8) is 0 Å². The maximum Gasteiger partial charge on any atom is 0.167 e. The molecular weight excluding hydrogens is 311 g/mol. The molecule has 0 bridgehead atoms. The zero-order chi connectivity index (χ0) is 14.8. The largest absolute Gasteiger partial charge is 0.494 e. The highest BCUT2D eigenvalue weighted by Crippen LogP contribution is 2.26. The third-order valence-electron chi connectivity index (χ3n) is 3.34. The van der Waals surface area contributed by atoms with Gasteiger partial charge in [0.05, 0.1) is 24.7 Å². The number of benzene rings is 1. The first-order valence-electron chi connectivity index (χ1n) is 6.52. The average molecular weight is 325 g/mol. The van der Waals surface area contributed by atoms with Crippen molar-refractivity contribution in [2.45, 2.75) is 13.0 Å². The van der Waals surface area contributed by atoms with Crippen molar-refractivity contribution in [2.24, 2.45) is 0 Å². The van der Waals surface area contributed by atoms with Gasteiger partial charge in [0.15, 0.2) is 11.6 Å². The highest BCUT2D eigenvalue weighted by molar-refractivity contribution is 7.07. The van der Waals surface area contributed by atoms with E-state index in [1.165, 1.54) is 18.7 Å². The molecular formula is C15H14ClFN2OS. The normalized spacial score (nSPS) is 11.2. The summed E-state index contributed by atoms with van der Waals surface area (Å²) < 4.78 is 21.0. The molecule has 0 aliphatic carbocycles. The highest BCUT2D eigenvalue weighted by Gasteiger charge is 2.14. The number of aromatic nitrogens is 2. The third kappa shape index (κ3) is 2.76. The first-order chi connectivity index (χ1) is 10.2. The van der Waals surface area contributed by atoms with Gasteiger partial charge in [-0.05, 0) is 22.4 Å². The van der Waals surface area contributed by atoms with Gasteiger partial charge in [0, 0.05) is 24.4 Å². The minimum atomic E-state index is -0.400. The van der Waals surface area contributed by atoms with Crippen LogP contribution in [-0.2, 0) is 13.0 Å². The van der Waals surface area contributed by atoms with E-state index in [1.807, 2.05) is 5.38 Å². The van der Waals surface area contributed by atoms with Gasteiger partial charge in [-0.15, -0.1) is 11.6 Å². The van der Waals surface area contributed by atoms with Gasteiger partial charge in [-0.2, -0.15) is 11.3 Å². The molecule has 3 rings (SSSR count). The maximum atomic E-state index is 13.8. The van der Waals surface area contributed by atoms with Crippen LogP contribution in [0.4, 0.5) is 4.39 Å². The van der Waals surface area contributed by atoms with Crippen molar-refractivity contribution in [1.29, 1.82) is 0 Å². The Hall–Kier alpha value is -1.59. The second kappa shape index (κ2) is 6.03. The van der Waals surface area contributed by atoms with Crippen LogP contribution in [0.1, 0.15) is 11.4 Å². The molecule has 21 heavy (non-hydrogen) atoms. The molecule has 0 saturated carbocycles. The lowest BCUT2D eigenvalue weighted by Crippen LogP contribution is -2.05. The maximum absolute atomic E-state index is 13.8. The molecule has 0 aliphatic heterocycles. The van der Waals surface area contributed by atoms with Gasteiger partial charge in [0.1, 0.15) is 5.82 Å². The monoisotopic (exact) mass is 324 g/mol. The van der Waals surface area contributed by atoms with Crippen LogP contribution in [0.2, 0.25) is 0 Å². The van der Waals surface area contributed by atoms with E-state index in [0.29, 0.717) is 24.4 Å². The second-order valence-corrected chi connectivity index (χ2v) is 5.82. The predicted molar refractivity (Wildman–Crippen MR) is 84.1 cm³/mol. The number of imidazole rings is 1. The first kappa shape index (κ1) is 14.4. The summed E-state index contributed by atoms with van der Waals surface area (Å²) in [6, 6.07) is 5.18. The lowest BCUT2D eigenvalue weighted by molar-refractivity contribution is 0.387. The topological polar surface area (TPSA) is 27.1 Å². The summed E-state index contributed by atoms with van der Waals surface area (Å²) in [7, 11) is 1.46. The number of ether oxygens (including phenoxy) is 1. The predicted octanol–water partition coefficient (Wildman–Crippen LogP) is 4.08. The zero-order valence-corrected chi connectivity index (χ0v) is 13.0. The van der Waals surface area contributed by atoms with Gasteiger partial charge in [-0.25, -0.2) is 9.37 Å². The number of fused-ring (bicyclic) bond motifs is 1. The van der Waals surface area contributed by atoms with Crippen LogP contribution < -0.4 is 4.74 Å². The van der Waals surface area contributed by atoms with Gasteiger partial charge in [-0.1, -0.05) is 0 Å². The summed E-state index contributed by atoms with van der Waals surface area (Å²) in [5, 5.41) is 4.13. The summed E-state index contributed by atoms with van der Waals surface area (Å²) in [5.74, 6) is 1.17. The van der Waals surface area contributed by atoms with Gasteiger partial charge in [-0.3, -0.25) is 0 Å². The van der Waals surface area contributed by atoms with Crippen molar-refractivity contribution in [1.82, 2.24) is 9.55 Å². The van der Waals surface area contributed by atoms with Crippen LogP contribution in [0.25, 0.3) is 11.0 Å². The molecule has 0 atom stereocenters. The number of halogens is 2. The molecule has 3 aromatic rings. The summed E-state index contributed by atoms with van der Waals surface area (Å²) in [6.45, 7) is 0.695. The molecule has 0 radical (unpaired) electrons. The van der Waals surface area contributed by atoms with Crippen LogP contribution in [0.5, 0.6) is 5.75 Å². The van der Waals surface area contributed by atoms with E-state index in [0.717, 1.165) is 11.3 Å². The molecule has 0 unspecified atom stereocenters. The lowest BCUT2D eigenvalue weighted by Gasteiger charge is -2.08. The Balaban J connectivity index is 2.15. The second-order valence-electron chi connectivity index (χ2n) is 4.66. The lowest BCUT2D eigenvalue weighted by atomic mass is 10.2.